The lowest BCUT2D eigenvalue weighted by Crippen LogP contribution is -2.14. The van der Waals surface area contributed by atoms with Gasteiger partial charge in [-0.3, -0.25) is 0 Å². The third-order valence-corrected chi connectivity index (χ3v) is 4.51. The topological polar surface area (TPSA) is 60.2 Å². The van der Waals surface area contributed by atoms with Crippen LogP contribution in [0.4, 0.5) is 4.39 Å². The Morgan fingerprint density at radius 3 is 2.62 bits per heavy atom. The molecule has 0 spiro atoms. The van der Waals surface area contributed by atoms with Crippen LogP contribution in [-0.2, 0) is 16.3 Å². The zero-order chi connectivity index (χ0) is 15.6. The van der Waals surface area contributed by atoms with Crippen LogP contribution in [0.5, 0.6) is 0 Å². The Balaban J connectivity index is 2.28. The predicted octanol–water partition coefficient (Wildman–Crippen LogP) is 3.13. The Bertz CT molecular complexity index is 762. The molecule has 2 aromatic rings. The summed E-state index contributed by atoms with van der Waals surface area (Å²) >= 11 is 5.84. The zero-order valence-corrected chi connectivity index (χ0v) is 13.0. The molecule has 21 heavy (non-hydrogen) atoms. The molecule has 0 aliphatic rings. The van der Waals surface area contributed by atoms with Crippen LogP contribution in [0.1, 0.15) is 17.2 Å². The van der Waals surface area contributed by atoms with Crippen molar-refractivity contribution in [3.8, 4) is 0 Å². The van der Waals surface area contributed by atoms with Crippen molar-refractivity contribution in [2.45, 2.75) is 17.4 Å². The molecule has 2 rings (SSSR count). The van der Waals surface area contributed by atoms with Crippen LogP contribution in [0, 0.1) is 5.82 Å². The second-order valence-electron chi connectivity index (χ2n) is 4.89. The first kappa shape index (κ1) is 15.9. The molecule has 0 bridgehead atoms. The second kappa shape index (κ2) is 6.13. The minimum atomic E-state index is -3.30. The van der Waals surface area contributed by atoms with E-state index in [1.165, 1.54) is 30.3 Å². The van der Waals surface area contributed by atoms with Gasteiger partial charge in [-0.05, 0) is 47.9 Å². The van der Waals surface area contributed by atoms with Gasteiger partial charge in [-0.25, -0.2) is 12.8 Å². The standard InChI is InChI=1S/C15H15ClFNO2S/c1-21(19,20)13-4-2-3-10(8-13)15(18)9-11-7-12(16)5-6-14(11)17/h2-8,15H,9,18H2,1H3. The van der Waals surface area contributed by atoms with Crippen molar-refractivity contribution in [1.29, 1.82) is 0 Å². The normalized spacial score (nSPS) is 13.1. The number of hydrogen-bond acceptors (Lipinski definition) is 3. The van der Waals surface area contributed by atoms with Gasteiger partial charge in [0.25, 0.3) is 0 Å². The maximum atomic E-state index is 13.7. The molecular weight excluding hydrogens is 313 g/mol. The van der Waals surface area contributed by atoms with Crippen molar-refractivity contribution in [3.05, 3.63) is 64.4 Å². The number of sulfone groups is 1. The fraction of sp³-hybridized carbons (Fsp3) is 0.200. The average molecular weight is 328 g/mol. The Morgan fingerprint density at radius 2 is 1.95 bits per heavy atom. The summed E-state index contributed by atoms with van der Waals surface area (Å²) in [6.45, 7) is 0. The lowest BCUT2D eigenvalue weighted by molar-refractivity contribution is 0.591. The number of hydrogen-bond donors (Lipinski definition) is 1. The predicted molar refractivity (Wildman–Crippen MR) is 81.6 cm³/mol. The molecule has 0 aromatic heterocycles. The van der Waals surface area contributed by atoms with Crippen molar-refractivity contribution in [1.82, 2.24) is 0 Å². The van der Waals surface area contributed by atoms with Crippen LogP contribution in [0.15, 0.2) is 47.4 Å². The molecule has 0 fully saturated rings. The smallest absolute Gasteiger partial charge is 0.175 e. The summed E-state index contributed by atoms with van der Waals surface area (Å²) < 4.78 is 36.8. The Morgan fingerprint density at radius 1 is 1.24 bits per heavy atom. The van der Waals surface area contributed by atoms with Gasteiger partial charge in [0.1, 0.15) is 5.82 Å². The van der Waals surface area contributed by atoms with Crippen LogP contribution in [-0.4, -0.2) is 14.7 Å². The number of halogens is 2. The van der Waals surface area contributed by atoms with Gasteiger partial charge in [-0.1, -0.05) is 23.7 Å². The molecule has 1 unspecified atom stereocenters. The van der Waals surface area contributed by atoms with E-state index in [1.807, 2.05) is 0 Å². The van der Waals surface area contributed by atoms with Gasteiger partial charge in [0, 0.05) is 17.3 Å². The zero-order valence-electron chi connectivity index (χ0n) is 11.4. The van der Waals surface area contributed by atoms with E-state index in [0.29, 0.717) is 16.1 Å². The molecule has 2 aromatic carbocycles. The van der Waals surface area contributed by atoms with Gasteiger partial charge in [0.05, 0.1) is 4.90 Å². The lowest BCUT2D eigenvalue weighted by atomic mass is 9.99. The highest BCUT2D eigenvalue weighted by Crippen LogP contribution is 2.23. The van der Waals surface area contributed by atoms with E-state index in [1.54, 1.807) is 12.1 Å². The quantitative estimate of drug-likeness (QED) is 0.938. The molecule has 3 nitrogen and oxygen atoms in total. The van der Waals surface area contributed by atoms with Crippen LogP contribution in [0.2, 0.25) is 5.02 Å². The third-order valence-electron chi connectivity index (χ3n) is 3.16. The molecule has 6 heteroatoms. The number of benzene rings is 2. The monoisotopic (exact) mass is 327 g/mol. The van der Waals surface area contributed by atoms with E-state index in [0.717, 1.165) is 6.26 Å². The van der Waals surface area contributed by atoms with E-state index in [-0.39, 0.29) is 17.1 Å². The summed E-state index contributed by atoms with van der Waals surface area (Å²) in [5.74, 6) is -0.380. The molecule has 2 N–H and O–H groups in total. The Labute approximate surface area is 128 Å². The minimum absolute atomic E-state index is 0.196. The minimum Gasteiger partial charge on any atom is -0.324 e. The Hall–Kier alpha value is -1.43. The van der Waals surface area contributed by atoms with Crippen LogP contribution >= 0.6 is 11.6 Å². The Kier molecular flexibility index (Phi) is 4.66. The van der Waals surface area contributed by atoms with Gasteiger partial charge in [-0.15, -0.1) is 0 Å². The highest BCUT2D eigenvalue weighted by Gasteiger charge is 2.14. The fourth-order valence-electron chi connectivity index (χ4n) is 2.03. The molecule has 1 atom stereocenters. The molecule has 112 valence electrons. The van der Waals surface area contributed by atoms with Crippen molar-refractivity contribution < 1.29 is 12.8 Å². The average Bonchev–Trinajstić information content (AvgIpc) is 2.42. The van der Waals surface area contributed by atoms with Crippen LogP contribution < -0.4 is 5.73 Å². The molecule has 0 amide bonds. The van der Waals surface area contributed by atoms with Crippen LogP contribution in [0.25, 0.3) is 0 Å². The molecule has 0 radical (unpaired) electrons. The van der Waals surface area contributed by atoms with Crippen LogP contribution in [0.3, 0.4) is 0 Å². The van der Waals surface area contributed by atoms with E-state index in [4.69, 9.17) is 17.3 Å². The summed E-state index contributed by atoms with van der Waals surface area (Å²) in [7, 11) is -3.30. The lowest BCUT2D eigenvalue weighted by Gasteiger charge is -2.14. The molecular formula is C15H15ClFNO2S. The van der Waals surface area contributed by atoms with Crippen molar-refractivity contribution in [2.24, 2.45) is 5.73 Å². The van der Waals surface area contributed by atoms with E-state index < -0.39 is 15.9 Å². The summed E-state index contributed by atoms with van der Waals surface area (Å²) in [4.78, 5) is 0.196. The summed E-state index contributed by atoms with van der Waals surface area (Å²) in [6, 6.07) is 10.1. The highest BCUT2D eigenvalue weighted by atomic mass is 35.5. The largest absolute Gasteiger partial charge is 0.324 e. The molecule has 0 aliphatic carbocycles. The maximum Gasteiger partial charge on any atom is 0.175 e. The van der Waals surface area contributed by atoms with Gasteiger partial charge in [0.2, 0.25) is 0 Å². The summed E-state index contributed by atoms with van der Waals surface area (Å²) in [6.07, 6.45) is 1.37. The molecule has 0 aliphatic heterocycles. The van der Waals surface area contributed by atoms with Gasteiger partial charge >= 0.3 is 0 Å². The molecule has 0 saturated carbocycles. The third kappa shape index (κ3) is 4.03. The van der Waals surface area contributed by atoms with Gasteiger partial charge < -0.3 is 5.73 Å². The first-order chi connectivity index (χ1) is 9.77. The molecule has 0 heterocycles. The first-order valence-electron chi connectivity index (χ1n) is 6.27. The van der Waals surface area contributed by atoms with Gasteiger partial charge in [-0.2, -0.15) is 0 Å². The summed E-state index contributed by atoms with van der Waals surface area (Å²) in [5, 5.41) is 0.434. The van der Waals surface area contributed by atoms with Gasteiger partial charge in [0.15, 0.2) is 9.84 Å². The van der Waals surface area contributed by atoms with Crippen molar-refractivity contribution >= 4 is 21.4 Å². The fourth-order valence-corrected chi connectivity index (χ4v) is 2.90. The number of rotatable bonds is 4. The first-order valence-corrected chi connectivity index (χ1v) is 8.54. The highest BCUT2D eigenvalue weighted by molar-refractivity contribution is 7.90. The van der Waals surface area contributed by atoms with E-state index >= 15 is 0 Å². The number of nitrogens with two attached hydrogens (primary N) is 1. The van der Waals surface area contributed by atoms with Crippen molar-refractivity contribution in [3.63, 3.8) is 0 Å². The van der Waals surface area contributed by atoms with Crippen molar-refractivity contribution in [2.75, 3.05) is 6.26 Å². The molecule has 0 saturated heterocycles. The van der Waals surface area contributed by atoms with E-state index in [9.17, 15) is 12.8 Å². The maximum absolute atomic E-state index is 13.7. The summed E-state index contributed by atoms with van der Waals surface area (Å²) in [5.41, 5.74) is 7.09. The van der Waals surface area contributed by atoms with E-state index in [2.05, 4.69) is 0 Å². The second-order valence-corrected chi connectivity index (χ2v) is 7.34. The SMILES string of the molecule is CS(=O)(=O)c1cccc(C(N)Cc2cc(Cl)ccc2F)c1.